The zero-order valence-electron chi connectivity index (χ0n) is 15.4. The van der Waals surface area contributed by atoms with E-state index in [4.69, 9.17) is 4.98 Å². The summed E-state index contributed by atoms with van der Waals surface area (Å²) in [6, 6.07) is 23.6. The van der Waals surface area contributed by atoms with E-state index >= 15 is 0 Å². The zero-order valence-corrected chi connectivity index (χ0v) is 15.4. The van der Waals surface area contributed by atoms with Gasteiger partial charge < -0.3 is 5.32 Å². The quantitative estimate of drug-likeness (QED) is 0.531. The Bertz CT molecular complexity index is 1140. The van der Waals surface area contributed by atoms with Gasteiger partial charge in [0.25, 0.3) is 5.91 Å². The van der Waals surface area contributed by atoms with Gasteiger partial charge in [0.05, 0.1) is 16.8 Å². The van der Waals surface area contributed by atoms with E-state index in [2.05, 4.69) is 5.32 Å². The Morgan fingerprint density at radius 1 is 0.964 bits per heavy atom. The number of nitrogens with one attached hydrogen (secondary N) is 1. The second kappa shape index (κ2) is 7.61. The first kappa shape index (κ1) is 17.9. The summed E-state index contributed by atoms with van der Waals surface area (Å²) in [5.74, 6) is -0.474. The highest BCUT2D eigenvalue weighted by Crippen LogP contribution is 2.25. The largest absolute Gasteiger partial charge is 0.348 e. The van der Waals surface area contributed by atoms with Crippen molar-refractivity contribution in [3.8, 4) is 11.3 Å². The van der Waals surface area contributed by atoms with Crippen LogP contribution in [0.15, 0.2) is 78.9 Å². The van der Waals surface area contributed by atoms with E-state index in [9.17, 15) is 9.18 Å². The fourth-order valence-electron chi connectivity index (χ4n) is 3.16. The number of amides is 1. The van der Waals surface area contributed by atoms with Gasteiger partial charge in [-0.1, -0.05) is 54.1 Å². The normalized spacial score (nSPS) is 10.8. The van der Waals surface area contributed by atoms with Crippen molar-refractivity contribution < 1.29 is 9.18 Å². The fraction of sp³-hybridized carbons (Fsp3) is 0.0833. The summed E-state index contributed by atoms with van der Waals surface area (Å²) in [6.45, 7) is 2.32. The maximum Gasteiger partial charge on any atom is 0.252 e. The first-order chi connectivity index (χ1) is 13.6. The number of benzene rings is 3. The predicted molar refractivity (Wildman–Crippen MR) is 109 cm³/mol. The molecule has 1 amide bonds. The number of carbonyl (C=O) groups excluding carboxylic acids is 1. The number of nitrogens with zero attached hydrogens (tertiary/aromatic N) is 1. The van der Waals surface area contributed by atoms with Crippen LogP contribution >= 0.6 is 0 Å². The molecule has 3 nitrogen and oxygen atoms in total. The maximum atomic E-state index is 13.1. The summed E-state index contributed by atoms with van der Waals surface area (Å²) < 4.78 is 13.1. The van der Waals surface area contributed by atoms with Gasteiger partial charge in [0.2, 0.25) is 0 Å². The van der Waals surface area contributed by atoms with Crippen LogP contribution < -0.4 is 5.32 Å². The molecule has 0 aliphatic heterocycles. The highest BCUT2D eigenvalue weighted by Gasteiger charge is 2.14. The van der Waals surface area contributed by atoms with Crippen molar-refractivity contribution in [3.05, 3.63) is 101 Å². The van der Waals surface area contributed by atoms with E-state index < -0.39 is 0 Å². The molecule has 0 unspecified atom stereocenters. The number of hydrogen-bond donors (Lipinski definition) is 1. The molecule has 1 heterocycles. The Morgan fingerprint density at radius 2 is 1.71 bits per heavy atom. The van der Waals surface area contributed by atoms with Crippen molar-refractivity contribution in [1.82, 2.24) is 10.3 Å². The van der Waals surface area contributed by atoms with Crippen LogP contribution in [0.3, 0.4) is 0 Å². The highest BCUT2D eigenvalue weighted by molar-refractivity contribution is 6.07. The van der Waals surface area contributed by atoms with Gasteiger partial charge in [-0.2, -0.15) is 0 Å². The van der Waals surface area contributed by atoms with Crippen molar-refractivity contribution >= 4 is 16.8 Å². The number of hydrogen-bond acceptors (Lipinski definition) is 2. The van der Waals surface area contributed by atoms with E-state index in [1.54, 1.807) is 12.1 Å². The van der Waals surface area contributed by atoms with E-state index in [1.165, 1.54) is 12.1 Å². The van der Waals surface area contributed by atoms with E-state index in [1.807, 2.05) is 61.5 Å². The molecule has 0 saturated heterocycles. The van der Waals surface area contributed by atoms with Crippen LogP contribution in [-0.2, 0) is 6.54 Å². The van der Waals surface area contributed by atoms with Crippen LogP contribution in [-0.4, -0.2) is 10.9 Å². The highest BCUT2D eigenvalue weighted by atomic mass is 19.1. The van der Waals surface area contributed by atoms with Crippen molar-refractivity contribution in [2.24, 2.45) is 0 Å². The molecule has 28 heavy (non-hydrogen) atoms. The molecule has 1 aromatic heterocycles. The van der Waals surface area contributed by atoms with Gasteiger partial charge in [0, 0.05) is 17.5 Å². The second-order valence-corrected chi connectivity index (χ2v) is 6.75. The molecule has 4 aromatic rings. The van der Waals surface area contributed by atoms with Gasteiger partial charge in [0.15, 0.2) is 0 Å². The Kier molecular flexibility index (Phi) is 4.85. The minimum atomic E-state index is -0.293. The molecular weight excluding hydrogens is 351 g/mol. The molecule has 4 rings (SSSR count). The summed E-state index contributed by atoms with van der Waals surface area (Å²) >= 11 is 0. The van der Waals surface area contributed by atoms with Crippen LogP contribution in [0.4, 0.5) is 4.39 Å². The predicted octanol–water partition coefficient (Wildman–Crippen LogP) is 5.28. The van der Waals surface area contributed by atoms with Gasteiger partial charge in [0.1, 0.15) is 5.82 Å². The molecule has 0 bridgehead atoms. The molecule has 0 aliphatic carbocycles. The lowest BCUT2D eigenvalue weighted by atomic mass is 10.0. The number of aryl methyl sites for hydroxylation is 1. The SMILES string of the molecule is Cc1ccc2nc(-c3ccccc3)cc(C(=O)NCc3ccc(F)cc3)c2c1. The maximum absolute atomic E-state index is 13.1. The summed E-state index contributed by atoms with van der Waals surface area (Å²) in [6.07, 6.45) is 0. The molecule has 0 spiro atoms. The van der Waals surface area contributed by atoms with Crippen molar-refractivity contribution in [1.29, 1.82) is 0 Å². The van der Waals surface area contributed by atoms with Gasteiger partial charge in [-0.05, 0) is 42.8 Å². The molecule has 138 valence electrons. The second-order valence-electron chi connectivity index (χ2n) is 6.75. The average Bonchev–Trinajstić information content (AvgIpc) is 2.73. The van der Waals surface area contributed by atoms with E-state index in [-0.39, 0.29) is 11.7 Å². The lowest BCUT2D eigenvalue weighted by Gasteiger charge is -2.11. The standard InChI is InChI=1S/C24H19FN2O/c1-16-7-12-22-20(13-16)21(14-23(27-22)18-5-3-2-4-6-18)24(28)26-15-17-8-10-19(25)11-9-17/h2-14H,15H2,1H3,(H,26,28). The third-order valence-electron chi connectivity index (χ3n) is 4.64. The molecule has 0 atom stereocenters. The molecule has 1 N–H and O–H groups in total. The zero-order chi connectivity index (χ0) is 19.5. The third kappa shape index (κ3) is 3.76. The Hall–Kier alpha value is -3.53. The van der Waals surface area contributed by atoms with E-state index in [0.717, 1.165) is 33.3 Å². The number of rotatable bonds is 4. The average molecular weight is 370 g/mol. The van der Waals surface area contributed by atoms with Gasteiger partial charge in [-0.15, -0.1) is 0 Å². The topological polar surface area (TPSA) is 42.0 Å². The lowest BCUT2D eigenvalue weighted by Crippen LogP contribution is -2.23. The monoisotopic (exact) mass is 370 g/mol. The molecule has 4 heteroatoms. The number of carbonyl (C=O) groups is 1. The van der Waals surface area contributed by atoms with E-state index in [0.29, 0.717) is 12.1 Å². The smallest absolute Gasteiger partial charge is 0.252 e. The summed E-state index contributed by atoms with van der Waals surface area (Å²) in [4.78, 5) is 17.7. The molecule has 3 aromatic carbocycles. The summed E-state index contributed by atoms with van der Waals surface area (Å²) in [5, 5.41) is 3.75. The Labute approximate surface area is 162 Å². The first-order valence-corrected chi connectivity index (χ1v) is 9.09. The van der Waals surface area contributed by atoms with Crippen LogP contribution in [0, 0.1) is 12.7 Å². The number of aromatic nitrogens is 1. The Balaban J connectivity index is 1.72. The third-order valence-corrected chi connectivity index (χ3v) is 4.64. The van der Waals surface area contributed by atoms with Gasteiger partial charge in [-0.3, -0.25) is 4.79 Å². The van der Waals surface area contributed by atoms with Crippen LogP contribution in [0.1, 0.15) is 21.5 Å². The van der Waals surface area contributed by atoms with Crippen molar-refractivity contribution in [3.63, 3.8) is 0 Å². The van der Waals surface area contributed by atoms with Gasteiger partial charge in [-0.25, -0.2) is 9.37 Å². The van der Waals surface area contributed by atoms with Crippen LogP contribution in [0.2, 0.25) is 0 Å². The summed E-state index contributed by atoms with van der Waals surface area (Å²) in [7, 11) is 0. The van der Waals surface area contributed by atoms with Crippen LogP contribution in [0.25, 0.3) is 22.2 Å². The van der Waals surface area contributed by atoms with Crippen LogP contribution in [0.5, 0.6) is 0 Å². The molecule has 0 radical (unpaired) electrons. The molecule has 0 saturated carbocycles. The lowest BCUT2D eigenvalue weighted by molar-refractivity contribution is 0.0952. The van der Waals surface area contributed by atoms with Gasteiger partial charge >= 0.3 is 0 Å². The Morgan fingerprint density at radius 3 is 2.46 bits per heavy atom. The molecule has 0 aliphatic rings. The summed E-state index contributed by atoms with van der Waals surface area (Å²) in [5.41, 5.74) is 4.97. The van der Waals surface area contributed by atoms with Crippen molar-refractivity contribution in [2.45, 2.75) is 13.5 Å². The number of halogens is 1. The first-order valence-electron chi connectivity index (χ1n) is 9.09. The molecule has 0 fully saturated rings. The molecular formula is C24H19FN2O. The minimum Gasteiger partial charge on any atom is -0.348 e. The number of pyridine rings is 1. The fourth-order valence-corrected chi connectivity index (χ4v) is 3.16. The van der Waals surface area contributed by atoms with Crippen molar-refractivity contribution in [2.75, 3.05) is 0 Å². The number of fused-ring (bicyclic) bond motifs is 1. The minimum absolute atomic E-state index is 0.181.